The van der Waals surface area contributed by atoms with Crippen LogP contribution in [0.4, 0.5) is 11.4 Å². The Hall–Kier alpha value is -2.53. The summed E-state index contributed by atoms with van der Waals surface area (Å²) in [5, 5.41) is 3.44. The van der Waals surface area contributed by atoms with Crippen molar-refractivity contribution in [3.8, 4) is 0 Å². The third-order valence-corrected chi connectivity index (χ3v) is 4.87. The molecular formula is C20H21N3OS. The van der Waals surface area contributed by atoms with Crippen LogP contribution in [0.25, 0.3) is 6.08 Å². The maximum Gasteiger partial charge on any atom is 0.264 e. The molecule has 0 radical (unpaired) electrons. The van der Waals surface area contributed by atoms with Gasteiger partial charge < -0.3 is 10.2 Å². The summed E-state index contributed by atoms with van der Waals surface area (Å²) in [7, 11) is 0. The van der Waals surface area contributed by atoms with Gasteiger partial charge in [-0.3, -0.25) is 4.79 Å². The molecule has 0 saturated carbocycles. The molecule has 1 aliphatic rings. The van der Waals surface area contributed by atoms with Crippen molar-refractivity contribution in [3.63, 3.8) is 0 Å². The number of amides is 1. The molecule has 1 amide bonds. The first-order valence-corrected chi connectivity index (χ1v) is 9.21. The molecule has 0 aromatic heterocycles. The van der Waals surface area contributed by atoms with Crippen LogP contribution in [0, 0.1) is 0 Å². The van der Waals surface area contributed by atoms with Gasteiger partial charge >= 0.3 is 0 Å². The average Bonchev–Trinajstić information content (AvgIpc) is 2.97. The number of aliphatic imine (C=N–C) groups is 1. The molecule has 0 bridgehead atoms. The number of thioether (sulfide) groups is 1. The number of carbonyl (C=O) groups is 1. The van der Waals surface area contributed by atoms with E-state index in [1.54, 1.807) is 0 Å². The van der Waals surface area contributed by atoms with Crippen LogP contribution in [0.5, 0.6) is 0 Å². The summed E-state index contributed by atoms with van der Waals surface area (Å²) >= 11 is 1.37. The lowest BCUT2D eigenvalue weighted by atomic mass is 10.2. The van der Waals surface area contributed by atoms with Crippen LogP contribution in [0.3, 0.4) is 0 Å². The Labute approximate surface area is 152 Å². The average molecular weight is 351 g/mol. The first kappa shape index (κ1) is 17.3. The van der Waals surface area contributed by atoms with E-state index in [2.05, 4.69) is 41.2 Å². The number of benzene rings is 2. The Balaban J connectivity index is 1.75. The molecule has 1 saturated heterocycles. The second kappa shape index (κ2) is 8.03. The lowest BCUT2D eigenvalue weighted by Gasteiger charge is -2.20. The van der Waals surface area contributed by atoms with Crippen molar-refractivity contribution in [2.75, 3.05) is 18.0 Å². The van der Waals surface area contributed by atoms with Crippen LogP contribution >= 0.6 is 11.8 Å². The molecule has 1 fully saturated rings. The van der Waals surface area contributed by atoms with Crippen molar-refractivity contribution in [1.82, 2.24) is 5.32 Å². The van der Waals surface area contributed by atoms with E-state index in [0.717, 1.165) is 24.3 Å². The van der Waals surface area contributed by atoms with E-state index in [-0.39, 0.29) is 5.91 Å². The summed E-state index contributed by atoms with van der Waals surface area (Å²) in [5.74, 6) is -0.104. The van der Waals surface area contributed by atoms with Crippen LogP contribution in [0.1, 0.15) is 19.4 Å². The van der Waals surface area contributed by atoms with Crippen molar-refractivity contribution < 1.29 is 4.79 Å². The molecule has 2 aromatic rings. The number of hydrogen-bond acceptors (Lipinski definition) is 4. The third kappa shape index (κ3) is 4.31. The minimum Gasteiger partial charge on any atom is -0.372 e. The molecule has 2 aromatic carbocycles. The second-order valence-corrected chi connectivity index (χ2v) is 6.61. The van der Waals surface area contributed by atoms with E-state index >= 15 is 0 Å². The molecule has 4 nitrogen and oxygen atoms in total. The van der Waals surface area contributed by atoms with Gasteiger partial charge in [-0.25, -0.2) is 4.99 Å². The molecule has 1 N–H and O–H groups in total. The fraction of sp³-hybridized carbons (Fsp3) is 0.200. The predicted octanol–water partition coefficient (Wildman–Crippen LogP) is 4.42. The highest BCUT2D eigenvalue weighted by atomic mass is 32.2. The van der Waals surface area contributed by atoms with Gasteiger partial charge in [0.1, 0.15) is 0 Å². The van der Waals surface area contributed by atoms with Gasteiger partial charge in [-0.1, -0.05) is 30.3 Å². The lowest BCUT2D eigenvalue weighted by molar-refractivity contribution is -0.115. The predicted molar refractivity (Wildman–Crippen MR) is 107 cm³/mol. The minimum absolute atomic E-state index is 0.104. The number of nitrogens with zero attached hydrogens (tertiary/aromatic N) is 2. The van der Waals surface area contributed by atoms with E-state index in [1.807, 2.05) is 48.5 Å². The summed E-state index contributed by atoms with van der Waals surface area (Å²) in [6, 6.07) is 17.9. The molecular weight excluding hydrogens is 330 g/mol. The third-order valence-electron chi connectivity index (χ3n) is 3.96. The zero-order valence-electron chi connectivity index (χ0n) is 14.4. The van der Waals surface area contributed by atoms with Crippen LogP contribution in [0.15, 0.2) is 64.5 Å². The van der Waals surface area contributed by atoms with Crippen molar-refractivity contribution in [2.24, 2.45) is 4.99 Å². The van der Waals surface area contributed by atoms with E-state index in [9.17, 15) is 4.79 Å². The van der Waals surface area contributed by atoms with Crippen molar-refractivity contribution in [2.45, 2.75) is 13.8 Å². The SMILES string of the molecule is CCN(CC)c1ccc(N=C2NC(=O)C(=Cc3ccccc3)S2)cc1. The second-order valence-electron chi connectivity index (χ2n) is 5.58. The van der Waals surface area contributed by atoms with Gasteiger partial charge in [0.15, 0.2) is 5.17 Å². The standard InChI is InChI=1S/C20H21N3OS/c1-3-23(4-2)17-12-10-16(11-13-17)21-20-22-19(24)18(25-20)14-15-8-6-5-7-9-15/h5-14H,3-4H2,1-2H3,(H,21,22,24). The summed E-state index contributed by atoms with van der Waals surface area (Å²) in [4.78, 5) is 19.6. The van der Waals surface area contributed by atoms with Crippen molar-refractivity contribution in [1.29, 1.82) is 0 Å². The Morgan fingerprint density at radius 2 is 1.72 bits per heavy atom. The fourth-order valence-corrected chi connectivity index (χ4v) is 3.47. The monoisotopic (exact) mass is 351 g/mol. The number of rotatable bonds is 5. The Bertz CT molecular complexity index is 793. The van der Waals surface area contributed by atoms with Gasteiger partial charge in [-0.05, 0) is 61.5 Å². The summed E-state index contributed by atoms with van der Waals surface area (Å²) in [6.07, 6.45) is 1.88. The molecule has 3 rings (SSSR count). The largest absolute Gasteiger partial charge is 0.372 e. The van der Waals surface area contributed by atoms with Crippen LogP contribution in [-0.2, 0) is 4.79 Å². The normalized spacial score (nSPS) is 17.1. The molecule has 0 spiro atoms. The zero-order chi connectivity index (χ0) is 17.6. The van der Waals surface area contributed by atoms with Gasteiger partial charge in [0.25, 0.3) is 5.91 Å². The zero-order valence-corrected chi connectivity index (χ0v) is 15.2. The van der Waals surface area contributed by atoms with Crippen molar-refractivity contribution in [3.05, 3.63) is 65.1 Å². The Morgan fingerprint density at radius 3 is 2.36 bits per heavy atom. The smallest absolute Gasteiger partial charge is 0.264 e. The van der Waals surface area contributed by atoms with Gasteiger partial charge in [-0.2, -0.15) is 0 Å². The Kier molecular flexibility index (Phi) is 5.56. The molecule has 1 aliphatic heterocycles. The highest BCUT2D eigenvalue weighted by Crippen LogP contribution is 2.28. The van der Waals surface area contributed by atoms with E-state index in [0.29, 0.717) is 10.1 Å². The molecule has 1 heterocycles. The number of nitrogens with one attached hydrogen (secondary N) is 1. The van der Waals surface area contributed by atoms with Gasteiger partial charge in [-0.15, -0.1) is 0 Å². The fourth-order valence-electron chi connectivity index (χ4n) is 2.63. The van der Waals surface area contributed by atoms with Gasteiger partial charge in [0.05, 0.1) is 10.6 Å². The van der Waals surface area contributed by atoms with E-state index in [4.69, 9.17) is 0 Å². The first-order valence-electron chi connectivity index (χ1n) is 8.39. The molecule has 0 aliphatic carbocycles. The minimum atomic E-state index is -0.104. The van der Waals surface area contributed by atoms with Gasteiger partial charge in [0.2, 0.25) is 0 Å². The Morgan fingerprint density at radius 1 is 1.04 bits per heavy atom. The molecule has 128 valence electrons. The van der Waals surface area contributed by atoms with Crippen LogP contribution in [0.2, 0.25) is 0 Å². The molecule has 25 heavy (non-hydrogen) atoms. The summed E-state index contributed by atoms with van der Waals surface area (Å²) < 4.78 is 0. The highest BCUT2D eigenvalue weighted by molar-refractivity contribution is 8.18. The van der Waals surface area contributed by atoms with Crippen LogP contribution < -0.4 is 10.2 Å². The highest BCUT2D eigenvalue weighted by Gasteiger charge is 2.23. The maximum absolute atomic E-state index is 12.1. The topological polar surface area (TPSA) is 44.7 Å². The number of carbonyl (C=O) groups excluding carboxylic acids is 1. The van der Waals surface area contributed by atoms with Crippen molar-refractivity contribution >= 4 is 40.3 Å². The molecule has 0 unspecified atom stereocenters. The summed E-state index contributed by atoms with van der Waals surface area (Å²) in [6.45, 7) is 6.24. The first-order chi connectivity index (χ1) is 12.2. The molecule has 0 atom stereocenters. The molecule has 5 heteroatoms. The maximum atomic E-state index is 12.1. The van der Waals surface area contributed by atoms with Crippen LogP contribution in [-0.4, -0.2) is 24.2 Å². The number of hydrogen-bond donors (Lipinski definition) is 1. The van der Waals surface area contributed by atoms with E-state index < -0.39 is 0 Å². The lowest BCUT2D eigenvalue weighted by Crippen LogP contribution is -2.21. The van der Waals surface area contributed by atoms with Gasteiger partial charge in [0, 0.05) is 18.8 Å². The number of amidine groups is 1. The number of anilines is 1. The quantitative estimate of drug-likeness (QED) is 0.811. The van der Waals surface area contributed by atoms with E-state index in [1.165, 1.54) is 17.4 Å². The summed E-state index contributed by atoms with van der Waals surface area (Å²) in [5.41, 5.74) is 3.02.